The summed E-state index contributed by atoms with van der Waals surface area (Å²) in [5.41, 5.74) is 1.29. The van der Waals surface area contributed by atoms with E-state index in [9.17, 15) is 53.1 Å². The number of hydrogen-bond acceptors (Lipinski definition) is 15. The van der Waals surface area contributed by atoms with Gasteiger partial charge in [-0.15, -0.1) is 0 Å². The smallest absolute Gasteiger partial charge is 0.326 e. The molecule has 3 rings (SSSR count). The van der Waals surface area contributed by atoms with Gasteiger partial charge in [0, 0.05) is 75.3 Å². The lowest BCUT2D eigenvalue weighted by Gasteiger charge is -2.39. The maximum absolute atomic E-state index is 15.2. The first-order valence-corrected chi connectivity index (χ1v) is 34.6. The molecule has 27 heteroatoms. The van der Waals surface area contributed by atoms with Crippen LogP contribution in [0.1, 0.15) is 139 Å². The summed E-state index contributed by atoms with van der Waals surface area (Å²) in [6.07, 6.45) is 1.78. The number of hydrogen-bond donors (Lipinski definition) is 6. The summed E-state index contributed by atoms with van der Waals surface area (Å²) in [7, 11) is 10.9. The van der Waals surface area contributed by atoms with E-state index in [2.05, 4.69) is 26.6 Å². The minimum atomic E-state index is -1.69. The van der Waals surface area contributed by atoms with Crippen molar-refractivity contribution in [2.24, 2.45) is 23.7 Å². The van der Waals surface area contributed by atoms with Gasteiger partial charge in [-0.25, -0.2) is 4.79 Å². The molecule has 1 heterocycles. The molecule has 2 aromatic rings. The first kappa shape index (κ1) is 84.9. The van der Waals surface area contributed by atoms with E-state index in [4.69, 9.17) is 0 Å². The summed E-state index contributed by atoms with van der Waals surface area (Å²) in [5, 5.41) is 24.7. The molecule has 1 saturated heterocycles. The first-order chi connectivity index (χ1) is 46.4. The van der Waals surface area contributed by atoms with E-state index in [1.807, 2.05) is 27.7 Å². The third-order valence-electron chi connectivity index (χ3n) is 18.9. The number of imide groups is 1. The van der Waals surface area contributed by atoms with Crippen LogP contribution in [0.3, 0.4) is 0 Å². The highest BCUT2D eigenvalue weighted by atomic mass is 16.3. The molecule has 0 spiro atoms. The second-order valence-corrected chi connectivity index (χ2v) is 27.8. The van der Waals surface area contributed by atoms with Gasteiger partial charge in [-0.3, -0.25) is 57.6 Å². The molecule has 0 saturated carbocycles. The first-order valence-electron chi connectivity index (χ1n) is 34.6. The molecule has 99 heavy (non-hydrogen) atoms. The summed E-state index contributed by atoms with van der Waals surface area (Å²) < 4.78 is 0. The standard InChI is InChI=1S/C72H115N13O14/c1-21-46(8)59(76-64(91)56(40-52-33-27-23-28-34-52)80(16)67(94)49(11)79(15)71(98)60(50(12)87)77-62(89)53(73-13)37-43(2)3)70(97)84(20)72(99)82(18)57(38-44(4)5)69(96)83(19)61(45(6)7)65(92)75-54(41-58(88)78(14)47(9)42-86)68(95)81(17)55(39-51-31-25-22-26-32-51)63(90)74-48(10)66(93)85-35-29-24-30-36-85/h22-23,25-28,31-34,42-50,53-57,59-61,73,87H,21,24,29-30,35-41H2,1-20H3,(H,74,90)(H,75,92)(H,76,91)(H,77,89)/t46-,47-,48-,49-,50+,53-,54-,55-,56-,57-,59-,60-,61?/m0/s1. The molecule has 2 aromatic carbocycles. The number of nitrogens with one attached hydrogen (secondary N) is 5. The van der Waals surface area contributed by atoms with Gasteiger partial charge in [0.2, 0.25) is 59.1 Å². The number of aliphatic hydroxyl groups excluding tert-OH is 1. The van der Waals surface area contributed by atoms with Crippen molar-refractivity contribution in [2.45, 2.75) is 213 Å². The molecule has 1 fully saturated rings. The number of likely N-dealkylation sites (tertiary alicyclic amines) is 1. The SMILES string of the molecule is CC[C@H](C)[C@H](NC(=O)[C@H](Cc1ccccc1)N(C)C(=O)[C@H](C)N(C)C(=O)[C@@H](NC(=O)[C@H](CC(C)C)NC)[C@@H](C)O)C(=O)N(C)C(=O)N(C)[C@@H](CC(C)C)C(=O)N(C)C(C(=O)N[C@@H](CC(=O)N(C)[C@@H](C)C=O)C(=O)N(C)[C@@H](Cc1ccccc1)C(=O)N[C@@H](C)C(=O)N1CCCCC1)C(C)C. The van der Waals surface area contributed by atoms with Crippen LogP contribution in [0, 0.1) is 23.7 Å². The van der Waals surface area contributed by atoms with Gasteiger partial charge in [0.15, 0.2) is 0 Å². The summed E-state index contributed by atoms with van der Waals surface area (Å²) >= 11 is 0. The highest BCUT2D eigenvalue weighted by molar-refractivity contribution is 6.02. The Labute approximate surface area is 586 Å². The van der Waals surface area contributed by atoms with Crippen LogP contribution < -0.4 is 26.6 Å². The van der Waals surface area contributed by atoms with Crippen molar-refractivity contribution < 1.29 is 67.4 Å². The summed E-state index contributed by atoms with van der Waals surface area (Å²) in [6, 6.07) is 3.00. The van der Waals surface area contributed by atoms with Crippen LogP contribution in [0.5, 0.6) is 0 Å². The van der Waals surface area contributed by atoms with Crippen molar-refractivity contribution >= 4 is 77.3 Å². The van der Waals surface area contributed by atoms with Crippen LogP contribution in [-0.4, -0.2) is 264 Å². The number of piperidine rings is 1. The molecule has 1 aliphatic heterocycles. The number of carbonyl (C=O) groups excluding carboxylic acids is 13. The minimum absolute atomic E-state index is 0.0182. The fourth-order valence-electron chi connectivity index (χ4n) is 12.0. The lowest BCUT2D eigenvalue weighted by atomic mass is 9.96. The molecule has 1 aliphatic rings. The molecular weight excluding hydrogens is 1270 g/mol. The minimum Gasteiger partial charge on any atom is -0.391 e. The molecule has 0 radical (unpaired) electrons. The maximum Gasteiger partial charge on any atom is 0.326 e. The van der Waals surface area contributed by atoms with Gasteiger partial charge < -0.3 is 70.8 Å². The number of nitrogens with zero attached hydrogens (tertiary/aromatic N) is 8. The number of likely N-dealkylation sites (N-methyl/N-ethyl adjacent to an activating group) is 8. The quantitative estimate of drug-likeness (QED) is 0.0535. The van der Waals surface area contributed by atoms with Crippen molar-refractivity contribution in [1.29, 1.82) is 0 Å². The van der Waals surface area contributed by atoms with Gasteiger partial charge >= 0.3 is 6.03 Å². The zero-order valence-electron chi connectivity index (χ0n) is 62.2. The van der Waals surface area contributed by atoms with Crippen molar-refractivity contribution in [1.82, 2.24) is 65.8 Å². The Hall–Kier alpha value is -8.33. The number of urea groups is 1. The monoisotopic (exact) mass is 1390 g/mol. The van der Waals surface area contributed by atoms with Crippen LogP contribution in [0.4, 0.5) is 4.79 Å². The highest BCUT2D eigenvalue weighted by Gasteiger charge is 2.44. The van der Waals surface area contributed by atoms with E-state index in [1.165, 1.54) is 70.1 Å². The van der Waals surface area contributed by atoms with Gasteiger partial charge in [-0.05, 0) is 102 Å². The summed E-state index contributed by atoms with van der Waals surface area (Å²) in [6.45, 7) is 21.2. The number of amides is 13. The molecule has 1 unspecified atom stereocenters. The Balaban J connectivity index is 2.02. The van der Waals surface area contributed by atoms with Gasteiger partial charge in [0.05, 0.1) is 24.6 Å². The van der Waals surface area contributed by atoms with Crippen molar-refractivity contribution in [3.63, 3.8) is 0 Å². The van der Waals surface area contributed by atoms with E-state index >= 15 is 14.4 Å². The van der Waals surface area contributed by atoms with E-state index in [-0.39, 0.29) is 37.0 Å². The van der Waals surface area contributed by atoms with Crippen molar-refractivity contribution in [2.75, 3.05) is 69.5 Å². The van der Waals surface area contributed by atoms with Crippen LogP contribution in [0.2, 0.25) is 0 Å². The number of aliphatic hydroxyl groups is 1. The van der Waals surface area contributed by atoms with E-state index in [0.717, 1.165) is 53.6 Å². The normalized spacial score (nSPS) is 16.3. The van der Waals surface area contributed by atoms with Crippen LogP contribution in [0.15, 0.2) is 60.7 Å². The van der Waals surface area contributed by atoms with Crippen LogP contribution >= 0.6 is 0 Å². The molecule has 552 valence electrons. The van der Waals surface area contributed by atoms with Crippen LogP contribution in [-0.2, 0) is 70.4 Å². The van der Waals surface area contributed by atoms with E-state index in [0.29, 0.717) is 43.3 Å². The number of aldehydes is 1. The zero-order chi connectivity index (χ0) is 75.0. The molecule has 27 nitrogen and oxygen atoms in total. The number of benzene rings is 2. The van der Waals surface area contributed by atoms with Gasteiger partial charge in [0.1, 0.15) is 60.7 Å². The molecule has 0 aromatic heterocycles. The van der Waals surface area contributed by atoms with E-state index < -0.39 is 156 Å². The lowest BCUT2D eigenvalue weighted by Crippen LogP contribution is -2.62. The van der Waals surface area contributed by atoms with E-state index in [1.54, 1.807) is 107 Å². The maximum atomic E-state index is 15.2. The molecule has 13 amide bonds. The number of rotatable bonds is 36. The highest BCUT2D eigenvalue weighted by Crippen LogP contribution is 2.23. The molecule has 6 N–H and O–H groups in total. The number of carbonyl (C=O) groups is 13. The zero-order valence-corrected chi connectivity index (χ0v) is 62.2. The fraction of sp³-hybridized carbons (Fsp3) is 0.653. The van der Waals surface area contributed by atoms with Gasteiger partial charge in [0.25, 0.3) is 5.91 Å². The van der Waals surface area contributed by atoms with Gasteiger partial charge in [-0.2, -0.15) is 0 Å². The average molecular weight is 1390 g/mol. The van der Waals surface area contributed by atoms with Crippen LogP contribution in [0.25, 0.3) is 0 Å². The predicted molar refractivity (Wildman–Crippen MR) is 376 cm³/mol. The second-order valence-electron chi connectivity index (χ2n) is 27.8. The average Bonchev–Trinajstić information content (AvgIpc) is 0.816. The lowest BCUT2D eigenvalue weighted by molar-refractivity contribution is -0.149. The Morgan fingerprint density at radius 3 is 1.47 bits per heavy atom. The molecular formula is C72H115N13O14. The Morgan fingerprint density at radius 1 is 0.515 bits per heavy atom. The van der Waals surface area contributed by atoms with Crippen molar-refractivity contribution in [3.8, 4) is 0 Å². The third kappa shape index (κ3) is 23.9. The fourth-order valence-corrected chi connectivity index (χ4v) is 12.0. The topological polar surface area (TPSA) is 328 Å². The third-order valence-corrected chi connectivity index (χ3v) is 18.9. The predicted octanol–water partition coefficient (Wildman–Crippen LogP) is 2.85. The Morgan fingerprint density at radius 2 is 1.01 bits per heavy atom. The summed E-state index contributed by atoms with van der Waals surface area (Å²) in [5.74, 6) is -9.26. The second kappa shape index (κ2) is 40.1. The van der Waals surface area contributed by atoms with Gasteiger partial charge in [-0.1, -0.05) is 122 Å². The summed E-state index contributed by atoms with van der Waals surface area (Å²) in [4.78, 5) is 195. The van der Waals surface area contributed by atoms with Crippen molar-refractivity contribution in [3.05, 3.63) is 71.8 Å². The molecule has 0 bridgehead atoms. The Bertz CT molecular complexity index is 3060. The molecule has 13 atom stereocenters. The molecule has 0 aliphatic carbocycles. The largest absolute Gasteiger partial charge is 0.391 e. The Kier molecular flexibility index (Phi) is 34.3.